The largest absolute Gasteiger partial charge is 0.404 e. The number of aromatic nitrogens is 3. The molecule has 32 heavy (non-hydrogen) atoms. The van der Waals surface area contributed by atoms with Crippen LogP contribution in [0.1, 0.15) is 35.3 Å². The Morgan fingerprint density at radius 2 is 1.94 bits per heavy atom. The van der Waals surface area contributed by atoms with Crippen LogP contribution in [0.4, 0.5) is 5.82 Å². The first-order valence-electron chi connectivity index (χ1n) is 10.3. The first kappa shape index (κ1) is 23.2. The van der Waals surface area contributed by atoms with Crippen molar-refractivity contribution in [3.05, 3.63) is 75.9 Å². The molecular weight excluding hydrogens is 420 g/mol. The average Bonchev–Trinajstić information content (AvgIpc) is 3.21. The normalized spacial score (nSPS) is 14.1. The lowest BCUT2D eigenvalue weighted by Crippen LogP contribution is -2.14. The predicted octanol–water partition coefficient (Wildman–Crippen LogP) is 3.37. The van der Waals surface area contributed by atoms with Crippen molar-refractivity contribution < 1.29 is 0 Å². The molecule has 0 amide bonds. The number of anilines is 1. The Morgan fingerprint density at radius 3 is 2.56 bits per heavy atom. The van der Waals surface area contributed by atoms with Crippen molar-refractivity contribution in [1.29, 1.82) is 0 Å². The zero-order chi connectivity index (χ0) is 23.3. The lowest BCUT2D eigenvalue weighted by atomic mass is 10.00. The molecule has 3 rings (SSSR count). The monoisotopic (exact) mass is 450 g/mol. The molecule has 0 fully saturated rings. The van der Waals surface area contributed by atoms with E-state index in [-0.39, 0.29) is 12.0 Å². The molecule has 3 aromatic heterocycles. The van der Waals surface area contributed by atoms with Crippen LogP contribution in [0.25, 0.3) is 16.6 Å². The summed E-state index contributed by atoms with van der Waals surface area (Å²) in [4.78, 5) is 14.6. The molecule has 8 N–H and O–H groups in total. The van der Waals surface area contributed by atoms with Crippen LogP contribution in [0.3, 0.4) is 0 Å². The predicted molar refractivity (Wildman–Crippen MR) is 133 cm³/mol. The van der Waals surface area contributed by atoms with Crippen molar-refractivity contribution in [1.82, 2.24) is 20.3 Å². The summed E-state index contributed by atoms with van der Waals surface area (Å²) >= 11 is 1.58. The second-order valence-electron chi connectivity index (χ2n) is 7.65. The molecule has 8 nitrogen and oxygen atoms in total. The van der Waals surface area contributed by atoms with Gasteiger partial charge >= 0.3 is 0 Å². The summed E-state index contributed by atoms with van der Waals surface area (Å²) in [6, 6.07) is 5.39. The molecule has 0 aromatic carbocycles. The van der Waals surface area contributed by atoms with E-state index in [9.17, 15) is 0 Å². The van der Waals surface area contributed by atoms with Gasteiger partial charge in [-0.3, -0.25) is 4.98 Å². The van der Waals surface area contributed by atoms with Gasteiger partial charge in [-0.2, -0.15) is 0 Å². The molecule has 3 aromatic rings. The number of thiazole rings is 1. The molecular formula is C23H30N8S. The molecule has 0 radical (unpaired) electrons. The summed E-state index contributed by atoms with van der Waals surface area (Å²) in [6.45, 7) is 6.07. The van der Waals surface area contributed by atoms with Crippen molar-refractivity contribution in [2.24, 2.45) is 23.1 Å². The molecule has 0 spiro atoms. The van der Waals surface area contributed by atoms with Gasteiger partial charge < -0.3 is 27.8 Å². The molecule has 0 saturated heterocycles. The van der Waals surface area contributed by atoms with Crippen LogP contribution < -0.4 is 27.8 Å². The van der Waals surface area contributed by atoms with E-state index >= 15 is 0 Å². The zero-order valence-electron chi connectivity index (χ0n) is 18.8. The Hall–Kier alpha value is -3.43. The molecule has 0 aliphatic rings. The van der Waals surface area contributed by atoms with Crippen LogP contribution in [-0.2, 0) is 0 Å². The van der Waals surface area contributed by atoms with Crippen LogP contribution >= 0.6 is 11.3 Å². The van der Waals surface area contributed by atoms with Gasteiger partial charge in [0.15, 0.2) is 0 Å². The van der Waals surface area contributed by atoms with Gasteiger partial charge in [0.2, 0.25) is 0 Å². The summed E-state index contributed by atoms with van der Waals surface area (Å²) in [5, 5.41) is 7.18. The summed E-state index contributed by atoms with van der Waals surface area (Å²) in [5.74, 6) is 1.34. The third-order valence-electron chi connectivity index (χ3n) is 4.90. The lowest BCUT2D eigenvalue weighted by Gasteiger charge is -2.15. The van der Waals surface area contributed by atoms with Crippen LogP contribution in [0, 0.1) is 12.8 Å². The number of fused-ring (bicyclic) bond motifs is 1. The minimum absolute atomic E-state index is 0.264. The number of hydrogen-bond acceptors (Lipinski definition) is 9. The Bertz CT molecular complexity index is 1180. The summed E-state index contributed by atoms with van der Waals surface area (Å²) < 4.78 is 0. The highest BCUT2D eigenvalue weighted by Gasteiger charge is 2.17. The second-order valence-corrected chi connectivity index (χ2v) is 8.92. The zero-order valence-corrected chi connectivity index (χ0v) is 19.6. The lowest BCUT2D eigenvalue weighted by molar-refractivity contribution is 0.786. The third-order valence-corrected chi connectivity index (χ3v) is 5.90. The Balaban J connectivity index is 1.93. The van der Waals surface area contributed by atoms with Gasteiger partial charge in [-0.1, -0.05) is 13.8 Å². The summed E-state index contributed by atoms with van der Waals surface area (Å²) in [6.07, 6.45) is 8.89. The highest BCUT2D eigenvalue weighted by atomic mass is 32.1. The van der Waals surface area contributed by atoms with E-state index in [0.29, 0.717) is 11.6 Å². The first-order valence-corrected chi connectivity index (χ1v) is 11.1. The smallest absolute Gasteiger partial charge is 0.132 e. The number of hydrogen-bond donors (Lipinski definition) is 5. The highest BCUT2D eigenvalue weighted by Crippen LogP contribution is 2.31. The van der Waals surface area contributed by atoms with Crippen molar-refractivity contribution >= 4 is 33.8 Å². The van der Waals surface area contributed by atoms with E-state index in [4.69, 9.17) is 17.2 Å². The van der Waals surface area contributed by atoms with Crippen molar-refractivity contribution in [2.45, 2.75) is 26.8 Å². The summed E-state index contributed by atoms with van der Waals surface area (Å²) in [5.41, 5.74) is 22.6. The molecule has 9 heteroatoms. The first-order chi connectivity index (χ1) is 15.3. The number of rotatable bonds is 8. The van der Waals surface area contributed by atoms with E-state index in [1.807, 2.05) is 56.8 Å². The maximum atomic E-state index is 6.56. The number of pyridine rings is 2. The maximum absolute atomic E-state index is 6.56. The fourth-order valence-corrected chi connectivity index (χ4v) is 3.99. The van der Waals surface area contributed by atoms with Crippen LogP contribution in [0.15, 0.2) is 60.5 Å². The Kier molecular flexibility index (Phi) is 7.45. The number of allylic oxidation sites excluding steroid dienone is 2. The summed E-state index contributed by atoms with van der Waals surface area (Å²) in [7, 11) is 1.84. The molecule has 0 aliphatic carbocycles. The molecule has 168 valence electrons. The van der Waals surface area contributed by atoms with Gasteiger partial charge in [-0.25, -0.2) is 9.97 Å². The van der Waals surface area contributed by atoms with Crippen LogP contribution in [0.5, 0.6) is 0 Å². The minimum Gasteiger partial charge on any atom is -0.404 e. The minimum atomic E-state index is -0.328. The van der Waals surface area contributed by atoms with E-state index in [1.165, 1.54) is 0 Å². The topological polar surface area (TPSA) is 141 Å². The fourth-order valence-electron chi connectivity index (χ4n) is 3.19. The quantitative estimate of drug-likeness (QED) is 0.329. The standard InChI is InChI=1S/C23H30N8S/c1-13(2)15(9-24)8-21(25)31-22-6-5-18-19(30-22)7-16(10-29-18)17(11-27-4)23(26)20-12-28-14(3)32-20/h5-13,23,27H,24-26H2,1-4H3,(H,30,31)/b15-9+,17-11-,21-8+. The molecule has 1 unspecified atom stereocenters. The maximum Gasteiger partial charge on any atom is 0.132 e. The van der Waals surface area contributed by atoms with Crippen molar-refractivity contribution in [2.75, 3.05) is 12.4 Å². The molecule has 0 aliphatic heterocycles. The SMILES string of the molecule is CN/C=C(/c1cnc2ccc(N/C(N)=C/C(=C\N)C(C)C)nc2c1)C(N)c1cnc(C)s1. The highest BCUT2D eigenvalue weighted by molar-refractivity contribution is 7.11. The van der Waals surface area contributed by atoms with Crippen LogP contribution in [-0.4, -0.2) is 22.0 Å². The van der Waals surface area contributed by atoms with Crippen molar-refractivity contribution in [3.8, 4) is 0 Å². The van der Waals surface area contributed by atoms with E-state index in [2.05, 4.69) is 39.4 Å². The molecule has 1 atom stereocenters. The van der Waals surface area contributed by atoms with Gasteiger partial charge in [0, 0.05) is 36.1 Å². The number of nitrogens with two attached hydrogens (primary N) is 3. The number of nitrogens with one attached hydrogen (secondary N) is 2. The van der Waals surface area contributed by atoms with Crippen molar-refractivity contribution in [3.63, 3.8) is 0 Å². The molecule has 0 saturated carbocycles. The van der Waals surface area contributed by atoms with Crippen LogP contribution in [0.2, 0.25) is 0 Å². The van der Waals surface area contributed by atoms with Gasteiger partial charge in [0.25, 0.3) is 0 Å². The molecule has 0 bridgehead atoms. The van der Waals surface area contributed by atoms with Gasteiger partial charge in [0.1, 0.15) is 11.6 Å². The number of nitrogens with zero attached hydrogens (tertiary/aromatic N) is 3. The third kappa shape index (κ3) is 5.43. The molecule has 3 heterocycles. The van der Waals surface area contributed by atoms with Gasteiger partial charge in [-0.15, -0.1) is 11.3 Å². The van der Waals surface area contributed by atoms with E-state index < -0.39 is 0 Å². The Morgan fingerprint density at radius 1 is 1.16 bits per heavy atom. The number of aryl methyl sites for hydroxylation is 1. The fraction of sp³-hybridized carbons (Fsp3) is 0.261. The second kappa shape index (κ2) is 10.3. The van der Waals surface area contributed by atoms with Gasteiger partial charge in [-0.05, 0) is 54.5 Å². The van der Waals surface area contributed by atoms with E-state index in [1.54, 1.807) is 17.5 Å². The average molecular weight is 451 g/mol. The van der Waals surface area contributed by atoms with E-state index in [0.717, 1.165) is 37.6 Å². The Labute approximate surface area is 192 Å². The van der Waals surface area contributed by atoms with Gasteiger partial charge in [0.05, 0.1) is 22.1 Å².